The quantitative estimate of drug-likeness (QED) is 0.681. The Labute approximate surface area is 84.8 Å². The highest BCUT2D eigenvalue weighted by Gasteiger charge is 2.40. The van der Waals surface area contributed by atoms with Gasteiger partial charge in [0.15, 0.2) is 0 Å². The first-order valence-electron chi connectivity index (χ1n) is 5.25. The van der Waals surface area contributed by atoms with Crippen molar-refractivity contribution in [2.24, 2.45) is 5.92 Å². The fourth-order valence-electron chi connectivity index (χ4n) is 2.07. The third-order valence-electron chi connectivity index (χ3n) is 2.94. The fraction of sp³-hybridized carbons (Fsp3) is 1.00. The molecule has 1 saturated heterocycles. The second-order valence-electron chi connectivity index (χ2n) is 4.01. The largest absolute Gasteiger partial charge is 0.376 e. The van der Waals surface area contributed by atoms with Gasteiger partial charge in [-0.2, -0.15) is 11.8 Å². The van der Waals surface area contributed by atoms with Gasteiger partial charge in [-0.1, -0.05) is 0 Å². The van der Waals surface area contributed by atoms with E-state index in [1.165, 1.54) is 25.0 Å². The minimum absolute atomic E-state index is 0.543. The average Bonchev–Trinajstić information content (AvgIpc) is 2.88. The zero-order valence-electron chi connectivity index (χ0n) is 8.29. The molecule has 76 valence electrons. The minimum Gasteiger partial charge on any atom is -0.376 e. The molecule has 2 nitrogen and oxygen atoms in total. The zero-order chi connectivity index (χ0) is 9.10. The van der Waals surface area contributed by atoms with E-state index in [1.807, 2.05) is 11.8 Å². The summed E-state index contributed by atoms with van der Waals surface area (Å²) in [4.78, 5) is 0. The van der Waals surface area contributed by atoms with Crippen LogP contribution in [0.4, 0.5) is 0 Å². The number of hydrogen-bond acceptors (Lipinski definition) is 3. The van der Waals surface area contributed by atoms with Gasteiger partial charge in [0, 0.05) is 24.9 Å². The second kappa shape index (κ2) is 4.67. The number of thioether (sulfide) groups is 1. The molecule has 2 unspecified atom stereocenters. The van der Waals surface area contributed by atoms with Crippen molar-refractivity contribution in [3.63, 3.8) is 0 Å². The Bertz CT molecular complexity index is 161. The monoisotopic (exact) mass is 201 g/mol. The summed E-state index contributed by atoms with van der Waals surface area (Å²) >= 11 is 1.91. The van der Waals surface area contributed by atoms with E-state index in [0.29, 0.717) is 12.1 Å². The van der Waals surface area contributed by atoms with Crippen LogP contribution in [0, 0.1) is 5.92 Å². The topological polar surface area (TPSA) is 21.3 Å². The van der Waals surface area contributed by atoms with E-state index in [2.05, 4.69) is 11.6 Å². The average molecular weight is 201 g/mol. The molecular formula is C10H19NOS. The number of hydrogen-bond donors (Lipinski definition) is 1. The van der Waals surface area contributed by atoms with E-state index in [-0.39, 0.29) is 0 Å². The second-order valence-corrected chi connectivity index (χ2v) is 5.00. The van der Waals surface area contributed by atoms with Crippen LogP contribution in [0.2, 0.25) is 0 Å². The highest BCUT2D eigenvalue weighted by atomic mass is 32.2. The van der Waals surface area contributed by atoms with Crippen LogP contribution >= 0.6 is 11.8 Å². The van der Waals surface area contributed by atoms with Gasteiger partial charge >= 0.3 is 0 Å². The molecule has 2 rings (SSSR count). The Morgan fingerprint density at radius 2 is 2.23 bits per heavy atom. The molecule has 2 atom stereocenters. The third-order valence-corrected chi connectivity index (χ3v) is 3.55. The summed E-state index contributed by atoms with van der Waals surface area (Å²) in [5.41, 5.74) is 0. The van der Waals surface area contributed by atoms with Crippen LogP contribution in [0.15, 0.2) is 0 Å². The molecule has 2 fully saturated rings. The molecule has 0 radical (unpaired) electrons. The predicted octanol–water partition coefficient (Wildman–Crippen LogP) is 1.51. The molecule has 1 aliphatic carbocycles. The van der Waals surface area contributed by atoms with E-state index in [0.717, 1.165) is 19.1 Å². The zero-order valence-corrected chi connectivity index (χ0v) is 9.11. The summed E-state index contributed by atoms with van der Waals surface area (Å²) in [5.74, 6) is 2.10. The van der Waals surface area contributed by atoms with Crippen LogP contribution < -0.4 is 5.32 Å². The molecule has 1 saturated carbocycles. The Kier molecular flexibility index (Phi) is 3.52. The van der Waals surface area contributed by atoms with E-state index < -0.39 is 0 Å². The smallest absolute Gasteiger partial charge is 0.0756 e. The maximum Gasteiger partial charge on any atom is 0.0756 e. The van der Waals surface area contributed by atoms with Gasteiger partial charge in [0.05, 0.1) is 6.10 Å². The molecule has 13 heavy (non-hydrogen) atoms. The first-order chi connectivity index (χ1) is 6.42. The Balaban J connectivity index is 1.70. The summed E-state index contributed by atoms with van der Waals surface area (Å²) < 4.78 is 5.75. The molecule has 0 aromatic carbocycles. The molecule has 0 spiro atoms. The van der Waals surface area contributed by atoms with Crippen LogP contribution in [0.5, 0.6) is 0 Å². The van der Waals surface area contributed by atoms with Crippen molar-refractivity contribution in [2.75, 3.05) is 25.2 Å². The van der Waals surface area contributed by atoms with Gasteiger partial charge in [-0.05, 0) is 31.4 Å². The van der Waals surface area contributed by atoms with Gasteiger partial charge in [0.2, 0.25) is 0 Å². The molecule has 3 heteroatoms. The lowest BCUT2D eigenvalue weighted by atomic mass is 10.1. The highest BCUT2D eigenvalue weighted by Crippen LogP contribution is 2.38. The van der Waals surface area contributed by atoms with Gasteiger partial charge in [-0.25, -0.2) is 0 Å². The molecule has 0 amide bonds. The van der Waals surface area contributed by atoms with Crippen LogP contribution in [-0.4, -0.2) is 37.3 Å². The maximum atomic E-state index is 5.75. The van der Waals surface area contributed by atoms with E-state index in [1.54, 1.807) is 0 Å². The summed E-state index contributed by atoms with van der Waals surface area (Å²) in [7, 11) is 0. The van der Waals surface area contributed by atoms with Crippen LogP contribution in [-0.2, 0) is 4.74 Å². The fourth-order valence-corrected chi connectivity index (χ4v) is 2.39. The summed E-state index contributed by atoms with van der Waals surface area (Å²) in [6.45, 7) is 2.11. The van der Waals surface area contributed by atoms with Crippen molar-refractivity contribution in [2.45, 2.75) is 31.4 Å². The molecule has 0 aromatic rings. The SMILES string of the molecule is CSCCNC1CCOC1C1CC1. The predicted molar refractivity (Wildman–Crippen MR) is 57.3 cm³/mol. The number of ether oxygens (including phenoxy) is 1. The molecule has 1 heterocycles. The lowest BCUT2D eigenvalue weighted by Gasteiger charge is -2.19. The van der Waals surface area contributed by atoms with Crippen LogP contribution in [0.25, 0.3) is 0 Å². The number of rotatable bonds is 5. The van der Waals surface area contributed by atoms with Crippen molar-refractivity contribution in [1.29, 1.82) is 0 Å². The Morgan fingerprint density at radius 1 is 1.38 bits per heavy atom. The molecule has 2 aliphatic rings. The summed E-state index contributed by atoms with van der Waals surface area (Å²) in [6.07, 6.45) is 6.71. The van der Waals surface area contributed by atoms with Gasteiger partial charge < -0.3 is 10.1 Å². The lowest BCUT2D eigenvalue weighted by molar-refractivity contribution is 0.0816. The molecule has 1 N–H and O–H groups in total. The van der Waals surface area contributed by atoms with Gasteiger partial charge in [-0.15, -0.1) is 0 Å². The molecule has 0 aromatic heterocycles. The molecular weight excluding hydrogens is 182 g/mol. The van der Waals surface area contributed by atoms with Crippen LogP contribution in [0.3, 0.4) is 0 Å². The van der Waals surface area contributed by atoms with Crippen molar-refractivity contribution in [1.82, 2.24) is 5.32 Å². The van der Waals surface area contributed by atoms with E-state index in [9.17, 15) is 0 Å². The highest BCUT2D eigenvalue weighted by molar-refractivity contribution is 7.98. The Morgan fingerprint density at radius 3 is 2.92 bits per heavy atom. The van der Waals surface area contributed by atoms with Crippen molar-refractivity contribution in [3.8, 4) is 0 Å². The van der Waals surface area contributed by atoms with Crippen molar-refractivity contribution < 1.29 is 4.74 Å². The van der Waals surface area contributed by atoms with Crippen LogP contribution in [0.1, 0.15) is 19.3 Å². The molecule has 0 bridgehead atoms. The molecule has 1 aliphatic heterocycles. The Hall–Kier alpha value is 0.270. The summed E-state index contributed by atoms with van der Waals surface area (Å²) in [5, 5.41) is 3.61. The van der Waals surface area contributed by atoms with Gasteiger partial charge in [0.1, 0.15) is 0 Å². The minimum atomic E-state index is 0.543. The maximum absolute atomic E-state index is 5.75. The first kappa shape index (κ1) is 9.81. The standard InChI is InChI=1S/C10H19NOS/c1-13-7-5-11-9-4-6-12-10(9)8-2-3-8/h8-11H,2-7H2,1H3. The van der Waals surface area contributed by atoms with Gasteiger partial charge in [-0.3, -0.25) is 0 Å². The van der Waals surface area contributed by atoms with Crippen molar-refractivity contribution in [3.05, 3.63) is 0 Å². The number of nitrogens with one attached hydrogen (secondary N) is 1. The van der Waals surface area contributed by atoms with E-state index >= 15 is 0 Å². The first-order valence-corrected chi connectivity index (χ1v) is 6.65. The summed E-state index contributed by atoms with van der Waals surface area (Å²) in [6, 6.07) is 0.652. The van der Waals surface area contributed by atoms with Crippen molar-refractivity contribution >= 4 is 11.8 Å². The lowest BCUT2D eigenvalue weighted by Crippen LogP contribution is -2.38. The van der Waals surface area contributed by atoms with Gasteiger partial charge in [0.25, 0.3) is 0 Å². The normalized spacial score (nSPS) is 33.9. The third kappa shape index (κ3) is 2.61. The van der Waals surface area contributed by atoms with E-state index in [4.69, 9.17) is 4.74 Å².